The Labute approximate surface area is 130 Å². The first-order chi connectivity index (χ1) is 10.0. The van der Waals surface area contributed by atoms with Crippen LogP contribution in [0.15, 0.2) is 17.0 Å². The fourth-order valence-electron chi connectivity index (χ4n) is 2.44. The summed E-state index contributed by atoms with van der Waals surface area (Å²) in [5.74, 6) is -2.20. The second-order valence-electron chi connectivity index (χ2n) is 5.89. The number of carboxylic acid groups (broad SMARTS) is 1. The molecule has 0 bridgehead atoms. The van der Waals surface area contributed by atoms with Gasteiger partial charge in [0.05, 0.1) is 10.8 Å². The summed E-state index contributed by atoms with van der Waals surface area (Å²) in [6.45, 7) is 6.57. The van der Waals surface area contributed by atoms with Crippen LogP contribution in [0.2, 0.25) is 0 Å². The number of rotatable bonds is 7. The summed E-state index contributed by atoms with van der Waals surface area (Å²) < 4.78 is 40.3. The van der Waals surface area contributed by atoms with Crippen LogP contribution in [0.1, 0.15) is 31.4 Å². The Kier molecular flexibility index (Phi) is 6.08. The first kappa shape index (κ1) is 18.6. The van der Waals surface area contributed by atoms with Crippen LogP contribution in [-0.4, -0.2) is 26.0 Å². The van der Waals surface area contributed by atoms with Gasteiger partial charge in [0.25, 0.3) is 0 Å². The minimum Gasteiger partial charge on any atom is -0.481 e. The van der Waals surface area contributed by atoms with E-state index in [1.165, 1.54) is 13.8 Å². The molecule has 0 aromatic heterocycles. The molecule has 22 heavy (non-hydrogen) atoms. The van der Waals surface area contributed by atoms with Gasteiger partial charge in [-0.05, 0) is 49.4 Å². The second kappa shape index (κ2) is 7.19. The molecular formula is C15H22FNO4S. The average Bonchev–Trinajstić information content (AvgIpc) is 2.31. The lowest BCUT2D eigenvalue weighted by Crippen LogP contribution is -2.34. The first-order valence-electron chi connectivity index (χ1n) is 7.03. The molecule has 0 saturated heterocycles. The third-order valence-electron chi connectivity index (χ3n) is 3.32. The highest BCUT2D eigenvalue weighted by atomic mass is 32.2. The number of hydrogen-bond acceptors (Lipinski definition) is 3. The van der Waals surface area contributed by atoms with Crippen molar-refractivity contribution >= 4 is 16.0 Å². The molecule has 0 aliphatic heterocycles. The number of benzene rings is 1. The van der Waals surface area contributed by atoms with E-state index in [-0.39, 0.29) is 17.4 Å². The van der Waals surface area contributed by atoms with Crippen LogP contribution in [-0.2, 0) is 14.8 Å². The molecule has 0 spiro atoms. The lowest BCUT2D eigenvalue weighted by Gasteiger charge is -2.17. The van der Waals surface area contributed by atoms with Crippen molar-refractivity contribution in [1.29, 1.82) is 0 Å². The van der Waals surface area contributed by atoms with E-state index in [9.17, 15) is 17.6 Å². The molecule has 0 radical (unpaired) electrons. The summed E-state index contributed by atoms with van der Waals surface area (Å²) in [4.78, 5) is 11.2. The first-order valence-corrected chi connectivity index (χ1v) is 8.52. The number of carboxylic acids is 1. The third kappa shape index (κ3) is 4.78. The monoisotopic (exact) mass is 331 g/mol. The van der Waals surface area contributed by atoms with E-state index in [4.69, 9.17) is 5.11 Å². The van der Waals surface area contributed by atoms with Gasteiger partial charge < -0.3 is 5.11 Å². The molecule has 0 heterocycles. The van der Waals surface area contributed by atoms with E-state index < -0.39 is 27.7 Å². The predicted octanol–water partition coefficient (Wildman–Crippen LogP) is 2.47. The Morgan fingerprint density at radius 2 is 1.77 bits per heavy atom. The lowest BCUT2D eigenvalue weighted by atomic mass is 9.98. The summed E-state index contributed by atoms with van der Waals surface area (Å²) in [6.07, 6.45) is 0.374. The quantitative estimate of drug-likeness (QED) is 0.804. The second-order valence-corrected chi connectivity index (χ2v) is 7.59. The molecule has 1 rings (SSSR count). The van der Waals surface area contributed by atoms with Crippen molar-refractivity contribution < 1.29 is 22.7 Å². The van der Waals surface area contributed by atoms with Crippen molar-refractivity contribution in [1.82, 2.24) is 4.72 Å². The highest BCUT2D eigenvalue weighted by Crippen LogP contribution is 2.21. The smallest absolute Gasteiger partial charge is 0.307 e. The molecule has 7 heteroatoms. The van der Waals surface area contributed by atoms with Crippen LogP contribution in [0.25, 0.3) is 0 Å². The maximum atomic E-state index is 13.3. The van der Waals surface area contributed by atoms with E-state index >= 15 is 0 Å². The van der Waals surface area contributed by atoms with E-state index in [2.05, 4.69) is 4.72 Å². The van der Waals surface area contributed by atoms with Gasteiger partial charge >= 0.3 is 5.97 Å². The van der Waals surface area contributed by atoms with Gasteiger partial charge in [0.2, 0.25) is 10.0 Å². The molecular weight excluding hydrogens is 309 g/mol. The minimum absolute atomic E-state index is 0.00239. The highest BCUT2D eigenvalue weighted by Gasteiger charge is 2.25. The number of halogens is 1. The fourth-order valence-corrected chi connectivity index (χ4v) is 3.97. The van der Waals surface area contributed by atoms with Gasteiger partial charge in [-0.25, -0.2) is 17.5 Å². The van der Waals surface area contributed by atoms with E-state index in [0.29, 0.717) is 17.5 Å². The maximum Gasteiger partial charge on any atom is 0.307 e. The highest BCUT2D eigenvalue weighted by molar-refractivity contribution is 7.89. The van der Waals surface area contributed by atoms with Crippen molar-refractivity contribution in [3.05, 3.63) is 29.1 Å². The van der Waals surface area contributed by atoms with Crippen molar-refractivity contribution in [2.45, 2.75) is 39.0 Å². The molecule has 0 aliphatic rings. The molecule has 124 valence electrons. The van der Waals surface area contributed by atoms with Gasteiger partial charge in [-0.15, -0.1) is 0 Å². The fraction of sp³-hybridized carbons (Fsp3) is 0.533. The zero-order chi connectivity index (χ0) is 17.1. The molecule has 1 aromatic carbocycles. The van der Waals surface area contributed by atoms with Crippen molar-refractivity contribution in [2.75, 3.05) is 6.54 Å². The molecule has 0 amide bonds. The number of carbonyl (C=O) groups is 1. The summed E-state index contributed by atoms with van der Waals surface area (Å²) in [7, 11) is -3.88. The summed E-state index contributed by atoms with van der Waals surface area (Å²) in [5, 5.41) is 9.15. The Morgan fingerprint density at radius 1 is 1.27 bits per heavy atom. The minimum atomic E-state index is -3.88. The molecule has 1 atom stereocenters. The third-order valence-corrected chi connectivity index (χ3v) is 5.05. The number of nitrogens with one attached hydrogen (secondary N) is 1. The lowest BCUT2D eigenvalue weighted by molar-refractivity contribution is -0.142. The molecule has 5 nitrogen and oxygen atoms in total. The van der Waals surface area contributed by atoms with E-state index in [1.807, 2.05) is 13.8 Å². The van der Waals surface area contributed by atoms with Gasteiger partial charge in [-0.3, -0.25) is 4.79 Å². The van der Waals surface area contributed by atoms with Gasteiger partial charge in [-0.1, -0.05) is 13.8 Å². The number of hydrogen-bond donors (Lipinski definition) is 2. The molecule has 0 aliphatic carbocycles. The van der Waals surface area contributed by atoms with Crippen LogP contribution in [0.5, 0.6) is 0 Å². The Bertz CT molecular complexity index is 633. The van der Waals surface area contributed by atoms with Gasteiger partial charge in [0, 0.05) is 6.54 Å². The molecule has 0 fully saturated rings. The van der Waals surface area contributed by atoms with Crippen LogP contribution in [0, 0.1) is 31.5 Å². The summed E-state index contributed by atoms with van der Waals surface area (Å²) >= 11 is 0. The number of sulfonamides is 1. The summed E-state index contributed by atoms with van der Waals surface area (Å²) in [5.41, 5.74) is 0.585. The van der Waals surface area contributed by atoms with Gasteiger partial charge in [0.15, 0.2) is 0 Å². The van der Waals surface area contributed by atoms with E-state index in [0.717, 1.165) is 12.1 Å². The SMILES string of the molecule is Cc1cc(F)cc(C)c1S(=O)(=O)NCC(CC(C)C)C(=O)O. The Hall–Kier alpha value is -1.47. The Morgan fingerprint density at radius 3 is 2.18 bits per heavy atom. The van der Waals surface area contributed by atoms with Gasteiger partial charge in [0.1, 0.15) is 5.82 Å². The largest absolute Gasteiger partial charge is 0.481 e. The average molecular weight is 331 g/mol. The molecule has 1 aromatic rings. The normalized spacial score (nSPS) is 13.4. The summed E-state index contributed by atoms with van der Waals surface area (Å²) in [6, 6.07) is 2.29. The topological polar surface area (TPSA) is 83.5 Å². The molecule has 0 saturated carbocycles. The Balaban J connectivity index is 2.99. The standard InChI is InChI=1S/C15H22FNO4S/c1-9(2)5-12(15(18)19)8-17-22(20,21)14-10(3)6-13(16)7-11(14)4/h6-7,9,12,17H,5,8H2,1-4H3,(H,18,19). The zero-order valence-electron chi connectivity index (χ0n) is 13.2. The number of aryl methyl sites for hydroxylation is 2. The van der Waals surface area contributed by atoms with Crippen LogP contribution >= 0.6 is 0 Å². The predicted molar refractivity (Wildman–Crippen MR) is 81.6 cm³/mol. The van der Waals surface area contributed by atoms with Crippen molar-refractivity contribution in [3.63, 3.8) is 0 Å². The van der Waals surface area contributed by atoms with Crippen LogP contribution in [0.3, 0.4) is 0 Å². The number of aliphatic carboxylic acids is 1. The van der Waals surface area contributed by atoms with Gasteiger partial charge in [-0.2, -0.15) is 0 Å². The molecule has 1 unspecified atom stereocenters. The van der Waals surface area contributed by atoms with Crippen molar-refractivity contribution in [3.8, 4) is 0 Å². The van der Waals surface area contributed by atoms with Crippen LogP contribution < -0.4 is 4.72 Å². The van der Waals surface area contributed by atoms with E-state index in [1.54, 1.807) is 0 Å². The zero-order valence-corrected chi connectivity index (χ0v) is 14.0. The van der Waals surface area contributed by atoms with Crippen molar-refractivity contribution in [2.24, 2.45) is 11.8 Å². The van der Waals surface area contributed by atoms with Crippen LogP contribution in [0.4, 0.5) is 4.39 Å². The maximum absolute atomic E-state index is 13.3. The molecule has 2 N–H and O–H groups in total.